The Kier molecular flexibility index (Phi) is 5.66. The number of carbonyl (C=O) groups is 4. The maximum absolute atomic E-state index is 13.0. The first kappa shape index (κ1) is 22.7. The quantitative estimate of drug-likeness (QED) is 0.515. The first-order chi connectivity index (χ1) is 16.9. The van der Waals surface area contributed by atoms with Crippen molar-refractivity contribution < 1.29 is 19.2 Å². The van der Waals surface area contributed by atoms with Crippen molar-refractivity contribution in [2.24, 2.45) is 29.4 Å². The molecule has 5 fully saturated rings. The number of piperidine rings is 1. The molecule has 0 spiro atoms. The highest BCUT2D eigenvalue weighted by atomic mass is 16.2. The third kappa shape index (κ3) is 3.96. The number of imide groups is 1. The van der Waals surface area contributed by atoms with E-state index in [0.29, 0.717) is 42.8 Å². The van der Waals surface area contributed by atoms with Gasteiger partial charge in [-0.15, -0.1) is 0 Å². The Morgan fingerprint density at radius 1 is 1.14 bits per heavy atom. The van der Waals surface area contributed by atoms with Crippen molar-refractivity contribution in [3.8, 4) is 0 Å². The van der Waals surface area contributed by atoms with Gasteiger partial charge in [0.1, 0.15) is 6.04 Å². The number of fused-ring (bicyclic) bond motifs is 1. The van der Waals surface area contributed by atoms with Crippen LogP contribution >= 0.6 is 0 Å². The Bertz CT molecular complexity index is 1080. The lowest BCUT2D eigenvalue weighted by Crippen LogP contribution is -2.52. The number of nitrogens with one attached hydrogen (secondary N) is 2. The van der Waals surface area contributed by atoms with Gasteiger partial charge in [0.25, 0.3) is 5.91 Å². The molecule has 4 bridgehead atoms. The van der Waals surface area contributed by atoms with Crippen LogP contribution in [0.5, 0.6) is 0 Å². The van der Waals surface area contributed by atoms with E-state index < -0.39 is 18.0 Å². The summed E-state index contributed by atoms with van der Waals surface area (Å²) in [6.45, 7) is 0.371. The summed E-state index contributed by atoms with van der Waals surface area (Å²) in [5, 5.41) is 5.65. The summed E-state index contributed by atoms with van der Waals surface area (Å²) in [5.74, 6) is 2.13. The number of nitrogens with two attached hydrogens (primary N) is 1. The summed E-state index contributed by atoms with van der Waals surface area (Å²) in [5.41, 5.74) is 8.92. The molecule has 4 aliphatic carbocycles. The van der Waals surface area contributed by atoms with Gasteiger partial charge in [-0.3, -0.25) is 24.5 Å². The van der Waals surface area contributed by atoms with Crippen molar-refractivity contribution in [3.63, 3.8) is 0 Å². The molecule has 6 aliphatic rings. The van der Waals surface area contributed by atoms with Gasteiger partial charge >= 0.3 is 0 Å². The third-order valence-electron chi connectivity index (χ3n) is 9.34. The molecule has 0 aromatic heterocycles. The zero-order valence-corrected chi connectivity index (χ0v) is 20.0. The Morgan fingerprint density at radius 2 is 1.97 bits per heavy atom. The lowest BCUT2D eigenvalue weighted by atomic mass is 9.79. The van der Waals surface area contributed by atoms with Crippen LogP contribution in [-0.2, 0) is 27.3 Å². The van der Waals surface area contributed by atoms with Crippen molar-refractivity contribution in [1.82, 2.24) is 15.5 Å². The van der Waals surface area contributed by atoms with Crippen LogP contribution in [0.2, 0.25) is 0 Å². The van der Waals surface area contributed by atoms with Crippen LogP contribution in [0.4, 0.5) is 0 Å². The van der Waals surface area contributed by atoms with Gasteiger partial charge in [0.05, 0.1) is 6.04 Å². The van der Waals surface area contributed by atoms with Crippen LogP contribution in [-0.4, -0.2) is 46.7 Å². The second-order valence-electron chi connectivity index (χ2n) is 11.4. The van der Waals surface area contributed by atoms with E-state index in [1.807, 2.05) is 12.1 Å². The Morgan fingerprint density at radius 3 is 2.77 bits per heavy atom. The molecule has 7 rings (SSSR count). The van der Waals surface area contributed by atoms with Crippen molar-refractivity contribution in [1.29, 1.82) is 0 Å². The average Bonchev–Trinajstić information content (AvgIpc) is 3.40. The molecule has 4 N–H and O–H groups in total. The number of rotatable bonds is 7. The third-order valence-corrected chi connectivity index (χ3v) is 9.34. The van der Waals surface area contributed by atoms with E-state index in [1.54, 1.807) is 11.0 Å². The van der Waals surface area contributed by atoms with Gasteiger partial charge in [0.15, 0.2) is 0 Å². The molecule has 2 aliphatic heterocycles. The monoisotopic (exact) mass is 478 g/mol. The number of nitrogens with zero attached hydrogens (tertiary/aromatic N) is 1. The number of carbonyl (C=O) groups excluding carboxylic acids is 4. The molecule has 35 heavy (non-hydrogen) atoms. The van der Waals surface area contributed by atoms with Crippen LogP contribution in [0.15, 0.2) is 18.2 Å². The Labute approximate surface area is 205 Å². The molecule has 1 aromatic carbocycles. The van der Waals surface area contributed by atoms with Crippen LogP contribution in [0, 0.1) is 23.7 Å². The maximum Gasteiger partial charge on any atom is 0.255 e. The first-order valence-corrected chi connectivity index (χ1v) is 13.2. The summed E-state index contributed by atoms with van der Waals surface area (Å²) < 4.78 is 0. The summed E-state index contributed by atoms with van der Waals surface area (Å²) in [7, 11) is 0. The molecule has 1 saturated heterocycles. The van der Waals surface area contributed by atoms with Gasteiger partial charge in [-0.25, -0.2) is 0 Å². The topological polar surface area (TPSA) is 122 Å². The van der Waals surface area contributed by atoms with Gasteiger partial charge in [0.2, 0.25) is 17.7 Å². The van der Waals surface area contributed by atoms with Crippen molar-refractivity contribution in [2.75, 3.05) is 0 Å². The second kappa shape index (κ2) is 8.73. The highest BCUT2D eigenvalue weighted by Crippen LogP contribution is 2.58. The summed E-state index contributed by atoms with van der Waals surface area (Å²) in [4.78, 5) is 51.2. The van der Waals surface area contributed by atoms with Gasteiger partial charge < -0.3 is 16.0 Å². The standard InChI is InChI=1S/C27H34N4O4/c28-21(25(33)30-24-17-10-14-9-16(12-17)19(24)11-14)6-2-4-15-3-1-5-18-20(15)13-31(27(18)35)22-7-8-23(32)29-26(22)34/h1,3,5,14,16-17,19,21-22,24H,2,4,6-13,28H2,(H,30,33)(H,29,32,34)/t14?,16?,17?,19?,21-,22?,24?/m0/s1. The molecule has 4 saturated carbocycles. The van der Waals surface area contributed by atoms with Crippen LogP contribution in [0.25, 0.3) is 0 Å². The molecule has 0 radical (unpaired) electrons. The fourth-order valence-electron chi connectivity index (χ4n) is 7.76. The minimum Gasteiger partial charge on any atom is -0.351 e. The van der Waals surface area contributed by atoms with E-state index in [1.165, 1.54) is 25.7 Å². The largest absolute Gasteiger partial charge is 0.351 e. The predicted octanol–water partition coefficient (Wildman–Crippen LogP) is 1.65. The van der Waals surface area contributed by atoms with Crippen molar-refractivity contribution in [3.05, 3.63) is 34.9 Å². The van der Waals surface area contributed by atoms with E-state index in [0.717, 1.165) is 35.8 Å². The number of aryl methyl sites for hydroxylation is 1. The van der Waals surface area contributed by atoms with E-state index in [4.69, 9.17) is 5.73 Å². The fourth-order valence-corrected chi connectivity index (χ4v) is 7.76. The Balaban J connectivity index is 1.04. The van der Waals surface area contributed by atoms with E-state index in [2.05, 4.69) is 10.6 Å². The fraction of sp³-hybridized carbons (Fsp3) is 0.630. The molecule has 186 valence electrons. The van der Waals surface area contributed by atoms with Gasteiger partial charge in [-0.1, -0.05) is 12.1 Å². The average molecular weight is 479 g/mol. The van der Waals surface area contributed by atoms with E-state index in [-0.39, 0.29) is 24.1 Å². The molecule has 1 aromatic rings. The zero-order chi connectivity index (χ0) is 24.3. The number of benzene rings is 1. The number of hydrogen-bond acceptors (Lipinski definition) is 5. The lowest BCUT2D eigenvalue weighted by molar-refractivity contribution is -0.137. The molecule has 7 atom stereocenters. The summed E-state index contributed by atoms with van der Waals surface area (Å²) in [6, 6.07) is 4.87. The van der Waals surface area contributed by atoms with Crippen LogP contribution in [0.3, 0.4) is 0 Å². The molecule has 8 nitrogen and oxygen atoms in total. The van der Waals surface area contributed by atoms with E-state index >= 15 is 0 Å². The number of amides is 4. The highest BCUT2D eigenvalue weighted by Gasteiger charge is 2.54. The predicted molar refractivity (Wildman–Crippen MR) is 128 cm³/mol. The minimum absolute atomic E-state index is 0.0245. The lowest BCUT2D eigenvalue weighted by Gasteiger charge is -2.33. The second-order valence-corrected chi connectivity index (χ2v) is 11.4. The molecular formula is C27H34N4O4. The molecule has 6 unspecified atom stereocenters. The maximum atomic E-state index is 13.0. The van der Waals surface area contributed by atoms with Crippen LogP contribution < -0.4 is 16.4 Å². The molecule has 8 heteroatoms. The zero-order valence-electron chi connectivity index (χ0n) is 20.0. The van der Waals surface area contributed by atoms with E-state index in [9.17, 15) is 19.2 Å². The number of hydrogen-bond donors (Lipinski definition) is 3. The summed E-state index contributed by atoms with van der Waals surface area (Å²) >= 11 is 0. The first-order valence-electron chi connectivity index (χ1n) is 13.2. The van der Waals surface area contributed by atoms with Crippen molar-refractivity contribution >= 4 is 23.6 Å². The van der Waals surface area contributed by atoms with Crippen LogP contribution in [0.1, 0.15) is 72.9 Å². The molecule has 2 heterocycles. The van der Waals surface area contributed by atoms with Gasteiger partial charge in [-0.05, 0) is 92.2 Å². The molecule has 4 amide bonds. The van der Waals surface area contributed by atoms with Gasteiger partial charge in [0, 0.05) is 24.6 Å². The Hall–Kier alpha value is -2.74. The van der Waals surface area contributed by atoms with Crippen molar-refractivity contribution in [2.45, 2.75) is 82.5 Å². The minimum atomic E-state index is -0.612. The molecular weight excluding hydrogens is 444 g/mol. The smallest absolute Gasteiger partial charge is 0.255 e. The van der Waals surface area contributed by atoms with Gasteiger partial charge in [-0.2, -0.15) is 0 Å². The summed E-state index contributed by atoms with van der Waals surface area (Å²) in [6.07, 6.45) is 7.82. The normalized spacial score (nSPS) is 33.7. The SMILES string of the molecule is N[C@@H](CCCc1cccc2c1CN(C1CCC(=O)NC1=O)C2=O)C(=O)NC1C2CC3CC(C2)C1C3. The highest BCUT2D eigenvalue weighted by molar-refractivity contribution is 6.05.